The molecule has 0 amide bonds. The topological polar surface area (TPSA) is 29.5 Å². The Balaban J connectivity index is 2.64. The highest BCUT2D eigenvalue weighted by atomic mass is 17.1. The normalized spacial score (nSPS) is 24.0. The first-order valence-corrected chi connectivity index (χ1v) is 4.24. The standard InChI is InChI=1S/C10H16O2/c1-8-4-6-9(7-5-8)10(2,3)12-11/h4-6,9,11H,7H2,1-3H3. The van der Waals surface area contributed by atoms with Gasteiger partial charge in [-0.2, -0.15) is 0 Å². The first-order valence-electron chi connectivity index (χ1n) is 4.24. The van der Waals surface area contributed by atoms with Crippen molar-refractivity contribution >= 4 is 0 Å². The molecule has 0 saturated carbocycles. The van der Waals surface area contributed by atoms with Crippen LogP contribution in [0, 0.1) is 5.92 Å². The average molecular weight is 168 g/mol. The van der Waals surface area contributed by atoms with Crippen molar-refractivity contribution in [2.45, 2.75) is 32.8 Å². The second-order valence-electron chi connectivity index (χ2n) is 3.84. The number of hydrogen-bond donors (Lipinski definition) is 1. The molecule has 0 spiro atoms. The zero-order valence-corrected chi connectivity index (χ0v) is 7.87. The molecule has 1 aliphatic rings. The van der Waals surface area contributed by atoms with E-state index in [4.69, 9.17) is 5.26 Å². The Kier molecular flexibility index (Phi) is 2.70. The highest BCUT2D eigenvalue weighted by Crippen LogP contribution is 2.28. The Morgan fingerprint density at radius 1 is 1.58 bits per heavy atom. The summed E-state index contributed by atoms with van der Waals surface area (Å²) < 4.78 is 0. The van der Waals surface area contributed by atoms with E-state index in [1.165, 1.54) is 5.57 Å². The summed E-state index contributed by atoms with van der Waals surface area (Å²) in [5.41, 5.74) is 0.799. The van der Waals surface area contributed by atoms with Crippen molar-refractivity contribution < 1.29 is 10.1 Å². The fourth-order valence-electron chi connectivity index (χ4n) is 1.31. The minimum absolute atomic E-state index is 0.270. The van der Waals surface area contributed by atoms with E-state index >= 15 is 0 Å². The number of hydrogen-bond acceptors (Lipinski definition) is 2. The summed E-state index contributed by atoms with van der Waals surface area (Å²) in [6.45, 7) is 5.84. The van der Waals surface area contributed by atoms with Crippen LogP contribution in [-0.2, 0) is 4.89 Å². The highest BCUT2D eigenvalue weighted by Gasteiger charge is 2.29. The second-order valence-corrected chi connectivity index (χ2v) is 3.84. The minimum atomic E-state index is -0.478. The van der Waals surface area contributed by atoms with E-state index in [2.05, 4.69) is 30.0 Å². The maximum atomic E-state index is 8.66. The first kappa shape index (κ1) is 9.49. The zero-order valence-electron chi connectivity index (χ0n) is 7.87. The molecule has 1 atom stereocenters. The van der Waals surface area contributed by atoms with Gasteiger partial charge >= 0.3 is 0 Å². The summed E-state index contributed by atoms with van der Waals surface area (Å²) in [4.78, 5) is 4.43. The smallest absolute Gasteiger partial charge is 0.104 e. The Labute approximate surface area is 73.5 Å². The molecule has 0 saturated heterocycles. The minimum Gasteiger partial charge on any atom is -0.251 e. The van der Waals surface area contributed by atoms with Crippen molar-refractivity contribution in [1.29, 1.82) is 0 Å². The van der Waals surface area contributed by atoms with Crippen molar-refractivity contribution in [3.05, 3.63) is 23.8 Å². The molecule has 2 heteroatoms. The van der Waals surface area contributed by atoms with Crippen LogP contribution in [0.1, 0.15) is 27.2 Å². The van der Waals surface area contributed by atoms with Crippen LogP contribution in [0.3, 0.4) is 0 Å². The molecular weight excluding hydrogens is 152 g/mol. The lowest BCUT2D eigenvalue weighted by Crippen LogP contribution is -2.32. The maximum Gasteiger partial charge on any atom is 0.104 e. The molecule has 0 fully saturated rings. The number of rotatable bonds is 2. The Hall–Kier alpha value is -0.600. The SMILES string of the molecule is CC1=CCC(C(C)(C)OO)C=C1. The van der Waals surface area contributed by atoms with Crippen molar-refractivity contribution in [3.8, 4) is 0 Å². The van der Waals surface area contributed by atoms with Gasteiger partial charge in [-0.3, -0.25) is 5.26 Å². The molecule has 0 aromatic heterocycles. The fourth-order valence-corrected chi connectivity index (χ4v) is 1.31. The van der Waals surface area contributed by atoms with E-state index < -0.39 is 5.60 Å². The molecule has 1 rings (SSSR count). The first-order chi connectivity index (χ1) is 5.56. The molecule has 0 heterocycles. The molecule has 1 unspecified atom stereocenters. The number of allylic oxidation sites excluding steroid dienone is 3. The van der Waals surface area contributed by atoms with Gasteiger partial charge in [-0.05, 0) is 27.2 Å². The van der Waals surface area contributed by atoms with Gasteiger partial charge in [-0.1, -0.05) is 23.8 Å². The average Bonchev–Trinajstić information content (AvgIpc) is 2.05. The van der Waals surface area contributed by atoms with Gasteiger partial charge < -0.3 is 0 Å². The van der Waals surface area contributed by atoms with E-state index in [9.17, 15) is 0 Å². The lowest BCUT2D eigenvalue weighted by Gasteiger charge is -2.29. The molecule has 0 aromatic carbocycles. The Morgan fingerprint density at radius 3 is 2.67 bits per heavy atom. The maximum absolute atomic E-state index is 8.66. The van der Waals surface area contributed by atoms with E-state index in [1.807, 2.05) is 13.8 Å². The van der Waals surface area contributed by atoms with Crippen molar-refractivity contribution in [1.82, 2.24) is 0 Å². The van der Waals surface area contributed by atoms with Crippen molar-refractivity contribution in [3.63, 3.8) is 0 Å². The molecular formula is C10H16O2. The van der Waals surface area contributed by atoms with E-state index in [0.717, 1.165) is 6.42 Å². The summed E-state index contributed by atoms with van der Waals surface area (Å²) in [5.74, 6) is 0.270. The molecule has 1 aliphatic carbocycles. The molecule has 12 heavy (non-hydrogen) atoms. The molecule has 0 bridgehead atoms. The van der Waals surface area contributed by atoms with Gasteiger partial charge in [0.1, 0.15) is 5.60 Å². The monoisotopic (exact) mass is 168 g/mol. The summed E-state index contributed by atoms with van der Waals surface area (Å²) in [7, 11) is 0. The third kappa shape index (κ3) is 1.96. The van der Waals surface area contributed by atoms with E-state index in [1.54, 1.807) is 0 Å². The molecule has 68 valence electrons. The van der Waals surface area contributed by atoms with Crippen LogP contribution in [0.2, 0.25) is 0 Å². The molecule has 0 aliphatic heterocycles. The van der Waals surface area contributed by atoms with Gasteiger partial charge in [-0.25, -0.2) is 4.89 Å². The molecule has 0 aromatic rings. The summed E-state index contributed by atoms with van der Waals surface area (Å²) in [5, 5.41) is 8.66. The predicted octanol–water partition coefficient (Wildman–Crippen LogP) is 2.78. The third-order valence-corrected chi connectivity index (χ3v) is 2.41. The van der Waals surface area contributed by atoms with Crippen LogP contribution in [0.5, 0.6) is 0 Å². The molecule has 2 nitrogen and oxygen atoms in total. The lowest BCUT2D eigenvalue weighted by molar-refractivity contribution is -0.322. The summed E-state index contributed by atoms with van der Waals surface area (Å²) in [6, 6.07) is 0. The second kappa shape index (κ2) is 3.42. The molecule has 0 radical (unpaired) electrons. The van der Waals surface area contributed by atoms with Gasteiger partial charge in [0.05, 0.1) is 0 Å². The molecule has 1 N–H and O–H groups in total. The van der Waals surface area contributed by atoms with Crippen LogP contribution in [0.15, 0.2) is 23.8 Å². The van der Waals surface area contributed by atoms with Crippen LogP contribution in [0.25, 0.3) is 0 Å². The van der Waals surface area contributed by atoms with Gasteiger partial charge in [0, 0.05) is 5.92 Å². The van der Waals surface area contributed by atoms with Crippen LogP contribution >= 0.6 is 0 Å². The van der Waals surface area contributed by atoms with Crippen molar-refractivity contribution in [2.24, 2.45) is 5.92 Å². The third-order valence-electron chi connectivity index (χ3n) is 2.41. The summed E-state index contributed by atoms with van der Waals surface area (Å²) in [6.07, 6.45) is 7.25. The highest BCUT2D eigenvalue weighted by molar-refractivity contribution is 5.22. The zero-order chi connectivity index (χ0) is 9.19. The quantitative estimate of drug-likeness (QED) is 0.507. The van der Waals surface area contributed by atoms with Gasteiger partial charge in [0.25, 0.3) is 0 Å². The largest absolute Gasteiger partial charge is 0.251 e. The fraction of sp³-hybridized carbons (Fsp3) is 0.600. The Morgan fingerprint density at radius 2 is 2.25 bits per heavy atom. The van der Waals surface area contributed by atoms with Gasteiger partial charge in [0.15, 0.2) is 0 Å². The van der Waals surface area contributed by atoms with E-state index in [-0.39, 0.29) is 5.92 Å². The predicted molar refractivity (Wildman–Crippen MR) is 48.8 cm³/mol. The lowest BCUT2D eigenvalue weighted by atomic mass is 9.84. The van der Waals surface area contributed by atoms with Gasteiger partial charge in [-0.15, -0.1) is 0 Å². The Bertz CT molecular complexity index is 214. The van der Waals surface area contributed by atoms with Gasteiger partial charge in [0.2, 0.25) is 0 Å². The van der Waals surface area contributed by atoms with Crippen LogP contribution in [0.4, 0.5) is 0 Å². The summed E-state index contributed by atoms with van der Waals surface area (Å²) >= 11 is 0. The van der Waals surface area contributed by atoms with E-state index in [0.29, 0.717) is 0 Å². The van der Waals surface area contributed by atoms with Crippen LogP contribution < -0.4 is 0 Å². The van der Waals surface area contributed by atoms with Crippen molar-refractivity contribution in [2.75, 3.05) is 0 Å². The van der Waals surface area contributed by atoms with Crippen LogP contribution in [-0.4, -0.2) is 10.9 Å².